The summed E-state index contributed by atoms with van der Waals surface area (Å²) in [4.78, 5) is 38.5. The van der Waals surface area contributed by atoms with Crippen LogP contribution >= 0.6 is 0 Å². The monoisotopic (exact) mass is 376 g/mol. The lowest BCUT2D eigenvalue weighted by Crippen LogP contribution is -2.48. The number of hydrogen-bond donors (Lipinski definition) is 1. The standard InChI is InChI=1S/C19H24N2O6/c1-3-25-19(24)15-6-4-5-7-21(15)10-18(23)20-14-9-17-16(26-11-27-17)8-13(14)12(2)22/h8-9,15H,3-7,10-11H2,1-2H3,(H,20,23). The normalized spacial score (nSPS) is 18.8. The molecule has 1 N–H and O–H groups in total. The van der Waals surface area contributed by atoms with Gasteiger partial charge in [0.1, 0.15) is 6.04 Å². The maximum Gasteiger partial charge on any atom is 0.323 e. The van der Waals surface area contributed by atoms with Crippen molar-refractivity contribution in [3.05, 3.63) is 17.7 Å². The first-order chi connectivity index (χ1) is 13.0. The zero-order chi connectivity index (χ0) is 19.4. The van der Waals surface area contributed by atoms with Gasteiger partial charge in [-0.2, -0.15) is 0 Å². The molecule has 1 aromatic rings. The van der Waals surface area contributed by atoms with E-state index in [2.05, 4.69) is 5.32 Å². The summed E-state index contributed by atoms with van der Waals surface area (Å²) in [7, 11) is 0. The summed E-state index contributed by atoms with van der Waals surface area (Å²) < 4.78 is 15.7. The van der Waals surface area contributed by atoms with Crippen molar-refractivity contribution in [1.29, 1.82) is 0 Å². The number of carbonyl (C=O) groups is 3. The number of amides is 1. The molecule has 0 aliphatic carbocycles. The van der Waals surface area contributed by atoms with E-state index in [1.54, 1.807) is 19.1 Å². The average Bonchev–Trinajstić information content (AvgIpc) is 3.08. The van der Waals surface area contributed by atoms with Crippen molar-refractivity contribution in [2.45, 2.75) is 39.2 Å². The molecule has 1 fully saturated rings. The molecule has 146 valence electrons. The fraction of sp³-hybridized carbons (Fsp3) is 0.526. The Labute approximate surface area is 157 Å². The van der Waals surface area contributed by atoms with Crippen molar-refractivity contribution in [2.75, 3.05) is 31.8 Å². The third-order valence-corrected chi connectivity index (χ3v) is 4.69. The number of benzene rings is 1. The molecule has 27 heavy (non-hydrogen) atoms. The fourth-order valence-corrected chi connectivity index (χ4v) is 3.40. The van der Waals surface area contributed by atoms with Crippen molar-refractivity contribution in [3.8, 4) is 11.5 Å². The molecule has 8 nitrogen and oxygen atoms in total. The highest BCUT2D eigenvalue weighted by atomic mass is 16.7. The number of ether oxygens (including phenoxy) is 3. The molecule has 3 rings (SSSR count). The van der Waals surface area contributed by atoms with Gasteiger partial charge in [0.2, 0.25) is 12.7 Å². The van der Waals surface area contributed by atoms with Gasteiger partial charge in [0, 0.05) is 11.6 Å². The third-order valence-electron chi connectivity index (χ3n) is 4.69. The Morgan fingerprint density at radius 2 is 1.96 bits per heavy atom. The number of Topliss-reactive ketones (excluding diaryl/α,β-unsaturated/α-hetero) is 1. The maximum absolute atomic E-state index is 12.6. The predicted molar refractivity (Wildman–Crippen MR) is 97.0 cm³/mol. The molecule has 1 atom stereocenters. The topological polar surface area (TPSA) is 94.2 Å². The molecule has 8 heteroatoms. The van der Waals surface area contributed by atoms with Crippen LogP contribution in [0.4, 0.5) is 5.69 Å². The third kappa shape index (κ3) is 4.39. The second kappa shape index (κ2) is 8.39. The Kier molecular flexibility index (Phi) is 5.95. The zero-order valence-corrected chi connectivity index (χ0v) is 15.6. The summed E-state index contributed by atoms with van der Waals surface area (Å²) >= 11 is 0. The molecule has 0 aromatic heterocycles. The zero-order valence-electron chi connectivity index (χ0n) is 15.6. The highest BCUT2D eigenvalue weighted by Gasteiger charge is 2.31. The number of piperidine rings is 1. The number of rotatable bonds is 6. The molecular weight excluding hydrogens is 352 g/mol. The Morgan fingerprint density at radius 3 is 2.67 bits per heavy atom. The van der Waals surface area contributed by atoms with Crippen LogP contribution in [0.15, 0.2) is 12.1 Å². The number of anilines is 1. The van der Waals surface area contributed by atoms with Gasteiger partial charge in [0.05, 0.1) is 18.8 Å². The second-order valence-corrected chi connectivity index (χ2v) is 6.59. The summed E-state index contributed by atoms with van der Waals surface area (Å²) in [6.45, 7) is 4.29. The summed E-state index contributed by atoms with van der Waals surface area (Å²) in [6, 6.07) is 2.76. The van der Waals surface area contributed by atoms with Gasteiger partial charge in [-0.1, -0.05) is 6.42 Å². The van der Waals surface area contributed by atoms with E-state index in [9.17, 15) is 14.4 Å². The number of hydrogen-bond acceptors (Lipinski definition) is 7. The molecule has 2 heterocycles. The van der Waals surface area contributed by atoms with E-state index in [1.165, 1.54) is 6.92 Å². The molecular formula is C19H24N2O6. The Balaban J connectivity index is 1.71. The maximum atomic E-state index is 12.6. The van der Waals surface area contributed by atoms with Crippen molar-refractivity contribution in [1.82, 2.24) is 4.90 Å². The molecule has 1 saturated heterocycles. The molecule has 1 amide bonds. The minimum atomic E-state index is -0.409. The van der Waals surface area contributed by atoms with Crippen LogP contribution < -0.4 is 14.8 Å². The fourth-order valence-electron chi connectivity index (χ4n) is 3.40. The SMILES string of the molecule is CCOC(=O)C1CCCCN1CC(=O)Nc1cc2c(cc1C(C)=O)OCO2. The molecule has 0 radical (unpaired) electrons. The summed E-state index contributed by atoms with van der Waals surface area (Å²) in [5, 5.41) is 2.77. The van der Waals surface area contributed by atoms with E-state index >= 15 is 0 Å². The van der Waals surface area contributed by atoms with Crippen LogP contribution in [0, 0.1) is 0 Å². The van der Waals surface area contributed by atoms with Crippen molar-refractivity contribution >= 4 is 23.3 Å². The van der Waals surface area contributed by atoms with Gasteiger partial charge < -0.3 is 19.5 Å². The van der Waals surface area contributed by atoms with Crippen LogP contribution in [-0.4, -0.2) is 55.1 Å². The minimum Gasteiger partial charge on any atom is -0.465 e. The molecule has 2 aliphatic heterocycles. The van der Waals surface area contributed by atoms with E-state index in [4.69, 9.17) is 14.2 Å². The van der Waals surface area contributed by atoms with Crippen LogP contribution in [0.25, 0.3) is 0 Å². The first-order valence-electron chi connectivity index (χ1n) is 9.14. The molecule has 2 aliphatic rings. The van der Waals surface area contributed by atoms with E-state index in [-0.39, 0.29) is 31.0 Å². The predicted octanol–water partition coefficient (Wildman–Crippen LogP) is 1.97. The van der Waals surface area contributed by atoms with Crippen LogP contribution in [0.5, 0.6) is 11.5 Å². The van der Waals surface area contributed by atoms with Crippen molar-refractivity contribution in [3.63, 3.8) is 0 Å². The van der Waals surface area contributed by atoms with Gasteiger partial charge in [-0.15, -0.1) is 0 Å². The second-order valence-electron chi connectivity index (χ2n) is 6.59. The molecule has 0 spiro atoms. The Morgan fingerprint density at radius 1 is 1.22 bits per heavy atom. The van der Waals surface area contributed by atoms with Gasteiger partial charge in [-0.25, -0.2) is 0 Å². The molecule has 0 bridgehead atoms. The number of carbonyl (C=O) groups excluding carboxylic acids is 3. The van der Waals surface area contributed by atoms with Crippen LogP contribution in [-0.2, 0) is 14.3 Å². The van der Waals surface area contributed by atoms with Gasteiger partial charge in [0.15, 0.2) is 17.3 Å². The average molecular weight is 376 g/mol. The highest BCUT2D eigenvalue weighted by Crippen LogP contribution is 2.37. The van der Waals surface area contributed by atoms with Gasteiger partial charge >= 0.3 is 5.97 Å². The summed E-state index contributed by atoms with van der Waals surface area (Å²) in [5.74, 6) is 0.185. The van der Waals surface area contributed by atoms with E-state index in [0.29, 0.717) is 42.3 Å². The van der Waals surface area contributed by atoms with Gasteiger partial charge in [0.25, 0.3) is 0 Å². The quantitative estimate of drug-likeness (QED) is 0.599. The number of esters is 1. The molecule has 1 unspecified atom stereocenters. The Hall–Kier alpha value is -2.61. The summed E-state index contributed by atoms with van der Waals surface area (Å²) in [6.07, 6.45) is 2.53. The Bertz CT molecular complexity index is 748. The number of likely N-dealkylation sites (tertiary alicyclic amines) is 1. The first-order valence-corrected chi connectivity index (χ1v) is 9.14. The number of nitrogens with one attached hydrogen (secondary N) is 1. The lowest BCUT2D eigenvalue weighted by molar-refractivity contribution is -0.151. The number of nitrogens with zero attached hydrogens (tertiary/aromatic N) is 1. The van der Waals surface area contributed by atoms with Crippen LogP contribution in [0.2, 0.25) is 0 Å². The van der Waals surface area contributed by atoms with Crippen LogP contribution in [0.3, 0.4) is 0 Å². The first kappa shape index (κ1) is 19.2. The van der Waals surface area contributed by atoms with Crippen molar-refractivity contribution < 1.29 is 28.6 Å². The van der Waals surface area contributed by atoms with E-state index < -0.39 is 6.04 Å². The summed E-state index contributed by atoms with van der Waals surface area (Å²) in [5.41, 5.74) is 0.731. The minimum absolute atomic E-state index is 0.0509. The molecule has 1 aromatic carbocycles. The number of ketones is 1. The van der Waals surface area contributed by atoms with E-state index in [0.717, 1.165) is 12.8 Å². The highest BCUT2D eigenvalue weighted by molar-refractivity contribution is 6.05. The largest absolute Gasteiger partial charge is 0.465 e. The van der Waals surface area contributed by atoms with Gasteiger partial charge in [-0.05, 0) is 39.3 Å². The van der Waals surface area contributed by atoms with Gasteiger partial charge in [-0.3, -0.25) is 19.3 Å². The van der Waals surface area contributed by atoms with E-state index in [1.807, 2.05) is 4.90 Å². The number of fused-ring (bicyclic) bond motifs is 1. The lowest BCUT2D eigenvalue weighted by atomic mass is 10.0. The molecule has 0 saturated carbocycles. The smallest absolute Gasteiger partial charge is 0.323 e. The lowest BCUT2D eigenvalue weighted by Gasteiger charge is -2.33. The van der Waals surface area contributed by atoms with Crippen molar-refractivity contribution in [2.24, 2.45) is 0 Å². The van der Waals surface area contributed by atoms with Crippen LogP contribution in [0.1, 0.15) is 43.5 Å².